The molecule has 0 fully saturated rings. The standard InChI is InChI=1S/C14H11F2N5O3/c15-14(16,10-3-1-2-4-18-10)8-20-12-13(24)21(7-11(22)23)9(5-17)6-19-12/h1-4,6H,7-8H2,(H,19,20)(H,22,23). The molecule has 0 aromatic carbocycles. The van der Waals surface area contributed by atoms with Gasteiger partial charge in [0.2, 0.25) is 0 Å². The Labute approximate surface area is 134 Å². The van der Waals surface area contributed by atoms with Crippen LogP contribution in [0.2, 0.25) is 0 Å². The van der Waals surface area contributed by atoms with Crippen molar-refractivity contribution < 1.29 is 18.7 Å². The number of carboxylic acid groups (broad SMARTS) is 1. The van der Waals surface area contributed by atoms with Gasteiger partial charge in [0, 0.05) is 6.20 Å². The van der Waals surface area contributed by atoms with Gasteiger partial charge >= 0.3 is 11.9 Å². The quantitative estimate of drug-likeness (QED) is 0.801. The van der Waals surface area contributed by atoms with E-state index in [1.807, 2.05) is 0 Å². The number of nitrogens with one attached hydrogen (secondary N) is 1. The molecule has 2 rings (SSSR count). The third kappa shape index (κ3) is 3.70. The molecule has 24 heavy (non-hydrogen) atoms. The summed E-state index contributed by atoms with van der Waals surface area (Å²) in [5, 5.41) is 19.8. The number of carbonyl (C=O) groups is 1. The van der Waals surface area contributed by atoms with Crippen LogP contribution in [0.25, 0.3) is 0 Å². The Morgan fingerprint density at radius 2 is 2.17 bits per heavy atom. The van der Waals surface area contributed by atoms with Crippen LogP contribution in [0.15, 0.2) is 35.4 Å². The Kier molecular flexibility index (Phi) is 4.84. The molecule has 0 atom stereocenters. The summed E-state index contributed by atoms with van der Waals surface area (Å²) in [5.41, 5.74) is -1.75. The molecule has 8 nitrogen and oxygen atoms in total. The van der Waals surface area contributed by atoms with E-state index in [-0.39, 0.29) is 5.69 Å². The molecular weight excluding hydrogens is 324 g/mol. The Balaban J connectivity index is 2.26. The number of aliphatic carboxylic acids is 1. The summed E-state index contributed by atoms with van der Waals surface area (Å²) in [6.07, 6.45) is 2.15. The number of rotatable bonds is 6. The highest BCUT2D eigenvalue weighted by Gasteiger charge is 2.33. The third-order valence-corrected chi connectivity index (χ3v) is 2.98. The first-order valence-corrected chi connectivity index (χ1v) is 6.60. The Hall–Kier alpha value is -3.35. The van der Waals surface area contributed by atoms with E-state index in [9.17, 15) is 18.4 Å². The van der Waals surface area contributed by atoms with Crippen molar-refractivity contribution in [3.05, 3.63) is 52.3 Å². The van der Waals surface area contributed by atoms with E-state index in [0.29, 0.717) is 4.57 Å². The van der Waals surface area contributed by atoms with Crippen LogP contribution in [-0.2, 0) is 17.3 Å². The Morgan fingerprint density at radius 3 is 2.75 bits per heavy atom. The zero-order chi connectivity index (χ0) is 17.7. The van der Waals surface area contributed by atoms with Crippen LogP contribution in [0.5, 0.6) is 0 Å². The van der Waals surface area contributed by atoms with Crippen LogP contribution in [0.4, 0.5) is 14.6 Å². The Bertz CT molecular complexity index is 846. The smallest absolute Gasteiger partial charge is 0.323 e. The van der Waals surface area contributed by atoms with Crippen LogP contribution in [0.1, 0.15) is 11.4 Å². The maximum absolute atomic E-state index is 14.0. The lowest BCUT2D eigenvalue weighted by molar-refractivity contribution is -0.137. The number of carboxylic acids is 1. The summed E-state index contributed by atoms with van der Waals surface area (Å²) in [5.74, 6) is -5.21. The van der Waals surface area contributed by atoms with Gasteiger partial charge in [0.05, 0.1) is 12.7 Å². The summed E-state index contributed by atoms with van der Waals surface area (Å²) in [7, 11) is 0. The number of hydrogen-bond acceptors (Lipinski definition) is 6. The lowest BCUT2D eigenvalue weighted by Gasteiger charge is -2.17. The molecule has 2 heterocycles. The molecule has 0 aliphatic heterocycles. The highest BCUT2D eigenvalue weighted by Crippen LogP contribution is 2.25. The molecule has 0 saturated heterocycles. The first-order valence-electron chi connectivity index (χ1n) is 6.60. The minimum absolute atomic E-state index is 0.288. The molecule has 0 radical (unpaired) electrons. The second-order valence-electron chi connectivity index (χ2n) is 4.66. The van der Waals surface area contributed by atoms with Crippen LogP contribution in [0, 0.1) is 11.3 Å². The van der Waals surface area contributed by atoms with Gasteiger partial charge in [-0.1, -0.05) is 6.07 Å². The normalized spacial score (nSPS) is 10.9. The first kappa shape index (κ1) is 17.0. The fraction of sp³-hybridized carbons (Fsp3) is 0.214. The fourth-order valence-electron chi connectivity index (χ4n) is 1.85. The molecular formula is C14H11F2N5O3. The summed E-state index contributed by atoms with van der Waals surface area (Å²) in [6.45, 7) is -1.75. The van der Waals surface area contributed by atoms with Crippen molar-refractivity contribution in [1.82, 2.24) is 14.5 Å². The van der Waals surface area contributed by atoms with E-state index in [0.717, 1.165) is 12.3 Å². The highest BCUT2D eigenvalue weighted by molar-refractivity contribution is 5.67. The van der Waals surface area contributed by atoms with Crippen molar-refractivity contribution >= 4 is 11.8 Å². The topological polar surface area (TPSA) is 121 Å². The molecule has 0 bridgehead atoms. The van der Waals surface area contributed by atoms with Crippen molar-refractivity contribution in [2.75, 3.05) is 11.9 Å². The zero-order valence-electron chi connectivity index (χ0n) is 12.1. The molecule has 10 heteroatoms. The monoisotopic (exact) mass is 335 g/mol. The second kappa shape index (κ2) is 6.82. The minimum atomic E-state index is -3.37. The third-order valence-electron chi connectivity index (χ3n) is 2.98. The van der Waals surface area contributed by atoms with Crippen molar-refractivity contribution in [2.45, 2.75) is 12.5 Å². The summed E-state index contributed by atoms with van der Waals surface area (Å²) in [6, 6.07) is 5.64. The molecule has 2 aromatic rings. The van der Waals surface area contributed by atoms with Gasteiger partial charge in [0.25, 0.3) is 5.56 Å². The van der Waals surface area contributed by atoms with Gasteiger partial charge in [-0.15, -0.1) is 0 Å². The van der Waals surface area contributed by atoms with Crippen molar-refractivity contribution in [2.24, 2.45) is 0 Å². The predicted octanol–water partition coefficient (Wildman–Crippen LogP) is 0.798. The van der Waals surface area contributed by atoms with Crippen LogP contribution in [0.3, 0.4) is 0 Å². The van der Waals surface area contributed by atoms with Gasteiger partial charge in [-0.25, -0.2) is 4.98 Å². The molecule has 0 spiro atoms. The van der Waals surface area contributed by atoms with E-state index in [1.54, 1.807) is 6.07 Å². The first-order chi connectivity index (χ1) is 11.3. The molecule has 0 amide bonds. The van der Waals surface area contributed by atoms with E-state index in [1.165, 1.54) is 18.3 Å². The molecule has 0 unspecified atom stereocenters. The number of anilines is 1. The van der Waals surface area contributed by atoms with E-state index in [4.69, 9.17) is 10.4 Å². The van der Waals surface area contributed by atoms with Gasteiger partial charge < -0.3 is 10.4 Å². The van der Waals surface area contributed by atoms with Gasteiger partial charge in [-0.2, -0.15) is 14.0 Å². The van der Waals surface area contributed by atoms with E-state index in [2.05, 4.69) is 15.3 Å². The van der Waals surface area contributed by atoms with Crippen LogP contribution in [-0.4, -0.2) is 32.2 Å². The summed E-state index contributed by atoms with van der Waals surface area (Å²) >= 11 is 0. The van der Waals surface area contributed by atoms with Crippen LogP contribution < -0.4 is 10.9 Å². The minimum Gasteiger partial charge on any atom is -0.480 e. The molecule has 124 valence electrons. The lowest BCUT2D eigenvalue weighted by atomic mass is 10.2. The van der Waals surface area contributed by atoms with Gasteiger partial charge in [-0.3, -0.25) is 19.1 Å². The average molecular weight is 335 g/mol. The maximum atomic E-state index is 14.0. The SMILES string of the molecule is N#Cc1cnc(NCC(F)(F)c2ccccn2)c(=O)n1CC(=O)O. The number of nitrogens with zero attached hydrogens (tertiary/aromatic N) is 4. The number of nitriles is 1. The number of alkyl halides is 2. The van der Waals surface area contributed by atoms with Crippen molar-refractivity contribution in [3.63, 3.8) is 0 Å². The van der Waals surface area contributed by atoms with Crippen LogP contribution >= 0.6 is 0 Å². The van der Waals surface area contributed by atoms with Gasteiger partial charge in [0.1, 0.15) is 24.0 Å². The molecule has 2 aromatic heterocycles. The maximum Gasteiger partial charge on any atom is 0.323 e. The number of aromatic nitrogens is 3. The van der Waals surface area contributed by atoms with Gasteiger partial charge in [0.15, 0.2) is 5.82 Å². The zero-order valence-corrected chi connectivity index (χ0v) is 12.1. The Morgan fingerprint density at radius 1 is 1.42 bits per heavy atom. The number of halogens is 2. The van der Waals surface area contributed by atoms with Crippen molar-refractivity contribution in [1.29, 1.82) is 5.26 Å². The molecule has 2 N–H and O–H groups in total. The number of hydrogen-bond donors (Lipinski definition) is 2. The molecule has 0 aliphatic rings. The summed E-state index contributed by atoms with van der Waals surface area (Å²) < 4.78 is 28.7. The molecule has 0 aliphatic carbocycles. The lowest BCUT2D eigenvalue weighted by Crippen LogP contribution is -2.33. The summed E-state index contributed by atoms with van der Waals surface area (Å²) in [4.78, 5) is 30.0. The van der Waals surface area contributed by atoms with E-state index < -0.39 is 42.1 Å². The molecule has 0 saturated carbocycles. The highest BCUT2D eigenvalue weighted by atomic mass is 19.3. The van der Waals surface area contributed by atoms with Gasteiger partial charge in [-0.05, 0) is 12.1 Å². The second-order valence-corrected chi connectivity index (χ2v) is 4.66. The predicted molar refractivity (Wildman–Crippen MR) is 77.5 cm³/mol. The largest absolute Gasteiger partial charge is 0.480 e. The average Bonchev–Trinajstić information content (AvgIpc) is 2.56. The fourth-order valence-corrected chi connectivity index (χ4v) is 1.85. The van der Waals surface area contributed by atoms with Crippen molar-refractivity contribution in [3.8, 4) is 6.07 Å². The number of pyridine rings is 1. The van der Waals surface area contributed by atoms with E-state index >= 15 is 0 Å².